The maximum atomic E-state index is 12.7. The van der Waals surface area contributed by atoms with Gasteiger partial charge in [0.1, 0.15) is 5.82 Å². The molecule has 0 bridgehead atoms. The van der Waals surface area contributed by atoms with Gasteiger partial charge in [0.25, 0.3) is 0 Å². The molecule has 0 aliphatic carbocycles. The molecule has 4 nitrogen and oxygen atoms in total. The van der Waals surface area contributed by atoms with Crippen LogP contribution in [-0.2, 0) is 4.74 Å². The van der Waals surface area contributed by atoms with Gasteiger partial charge in [0.2, 0.25) is 0 Å². The summed E-state index contributed by atoms with van der Waals surface area (Å²) in [4.78, 5) is 6.15. The molecule has 2 rings (SSSR count). The first-order valence-electron chi connectivity index (χ1n) is 6.28. The lowest BCUT2D eigenvalue weighted by molar-refractivity contribution is -0.0223. The van der Waals surface area contributed by atoms with E-state index >= 15 is 0 Å². The van der Waals surface area contributed by atoms with Crippen molar-refractivity contribution in [1.82, 2.24) is 9.88 Å². The molecule has 1 aliphatic rings. The van der Waals surface area contributed by atoms with E-state index in [1.807, 2.05) is 6.92 Å². The predicted molar refractivity (Wildman–Crippen MR) is 65.6 cm³/mol. The van der Waals surface area contributed by atoms with Crippen LogP contribution in [0.25, 0.3) is 0 Å². The van der Waals surface area contributed by atoms with Crippen molar-refractivity contribution in [2.75, 3.05) is 26.2 Å². The Hall–Kier alpha value is -1.04. The summed E-state index contributed by atoms with van der Waals surface area (Å²) in [6.45, 7) is 5.38. The Morgan fingerprint density at radius 2 is 2.44 bits per heavy atom. The maximum Gasteiger partial charge on any atom is 0.141 e. The second-order valence-corrected chi connectivity index (χ2v) is 4.69. The van der Waals surface area contributed by atoms with Crippen molar-refractivity contribution >= 4 is 0 Å². The minimum atomic E-state index is -0.635. The van der Waals surface area contributed by atoms with Gasteiger partial charge in [-0.3, -0.25) is 9.88 Å². The number of aliphatic hydroxyl groups excluding tert-OH is 1. The van der Waals surface area contributed by atoms with Gasteiger partial charge in [0.05, 0.1) is 30.7 Å². The van der Waals surface area contributed by atoms with E-state index < -0.39 is 6.10 Å². The van der Waals surface area contributed by atoms with E-state index in [2.05, 4.69) is 9.88 Å². The lowest BCUT2D eigenvalue weighted by atomic mass is 10.1. The zero-order valence-corrected chi connectivity index (χ0v) is 10.6. The van der Waals surface area contributed by atoms with Gasteiger partial charge in [-0.1, -0.05) is 0 Å². The lowest BCUT2D eigenvalue weighted by Gasteiger charge is -2.31. The molecule has 0 saturated carbocycles. The topological polar surface area (TPSA) is 45.6 Å². The summed E-state index contributed by atoms with van der Waals surface area (Å²) in [5.74, 6) is -0.382. The van der Waals surface area contributed by atoms with Crippen molar-refractivity contribution in [2.24, 2.45) is 0 Å². The second-order valence-electron chi connectivity index (χ2n) is 4.69. The van der Waals surface area contributed by atoms with E-state index in [1.165, 1.54) is 12.1 Å². The number of halogens is 1. The number of hydrogen-bond donors (Lipinski definition) is 1. The molecule has 5 heteroatoms. The number of morpholine rings is 1. The molecule has 1 aliphatic heterocycles. The van der Waals surface area contributed by atoms with Crippen LogP contribution in [0, 0.1) is 5.82 Å². The third-order valence-corrected chi connectivity index (χ3v) is 3.14. The number of ether oxygens (including phenoxy) is 1. The number of nitrogens with zero attached hydrogens (tertiary/aromatic N) is 2. The molecular weight excluding hydrogens is 235 g/mol. The first-order chi connectivity index (χ1) is 8.65. The Morgan fingerprint density at radius 3 is 3.11 bits per heavy atom. The second kappa shape index (κ2) is 6.22. The molecule has 2 unspecified atom stereocenters. The van der Waals surface area contributed by atoms with Crippen molar-refractivity contribution in [2.45, 2.75) is 25.6 Å². The fourth-order valence-corrected chi connectivity index (χ4v) is 2.13. The summed E-state index contributed by atoms with van der Waals surface area (Å²) < 4.78 is 18.2. The highest BCUT2D eigenvalue weighted by atomic mass is 19.1. The van der Waals surface area contributed by atoms with Crippen molar-refractivity contribution in [3.05, 3.63) is 29.8 Å². The fraction of sp³-hybridized carbons (Fsp3) is 0.615. The summed E-state index contributed by atoms with van der Waals surface area (Å²) in [7, 11) is 0. The molecule has 0 aromatic carbocycles. The Labute approximate surface area is 106 Å². The zero-order valence-electron chi connectivity index (χ0n) is 10.6. The number of rotatable bonds is 4. The Balaban J connectivity index is 1.80. The van der Waals surface area contributed by atoms with Gasteiger partial charge in [-0.25, -0.2) is 4.39 Å². The third kappa shape index (κ3) is 3.73. The van der Waals surface area contributed by atoms with Crippen LogP contribution in [0.5, 0.6) is 0 Å². The summed E-state index contributed by atoms with van der Waals surface area (Å²) >= 11 is 0. The van der Waals surface area contributed by atoms with Crippen LogP contribution in [-0.4, -0.2) is 47.3 Å². The van der Waals surface area contributed by atoms with E-state index in [4.69, 9.17) is 4.74 Å². The van der Waals surface area contributed by atoms with Gasteiger partial charge in [0, 0.05) is 19.6 Å². The molecule has 1 saturated heterocycles. The highest BCUT2D eigenvalue weighted by Gasteiger charge is 2.18. The van der Waals surface area contributed by atoms with E-state index in [0.717, 1.165) is 32.4 Å². The highest BCUT2D eigenvalue weighted by Crippen LogP contribution is 2.15. The Kier molecular flexibility index (Phi) is 4.63. The third-order valence-electron chi connectivity index (χ3n) is 3.14. The lowest BCUT2D eigenvalue weighted by Crippen LogP contribution is -2.41. The van der Waals surface area contributed by atoms with Gasteiger partial charge in [-0.2, -0.15) is 0 Å². The first-order valence-corrected chi connectivity index (χ1v) is 6.28. The van der Waals surface area contributed by atoms with E-state index in [-0.39, 0.29) is 11.9 Å². The molecule has 18 heavy (non-hydrogen) atoms. The fourth-order valence-electron chi connectivity index (χ4n) is 2.13. The Morgan fingerprint density at radius 1 is 1.61 bits per heavy atom. The van der Waals surface area contributed by atoms with Gasteiger partial charge < -0.3 is 9.84 Å². The minimum Gasteiger partial charge on any atom is -0.387 e. The van der Waals surface area contributed by atoms with E-state index in [1.54, 1.807) is 0 Å². The molecule has 0 amide bonds. The number of hydrogen-bond acceptors (Lipinski definition) is 4. The van der Waals surface area contributed by atoms with Crippen molar-refractivity contribution in [3.8, 4) is 0 Å². The largest absolute Gasteiger partial charge is 0.387 e. The summed E-state index contributed by atoms with van der Waals surface area (Å²) in [6, 6.07) is 2.85. The quantitative estimate of drug-likeness (QED) is 0.881. The van der Waals surface area contributed by atoms with Crippen LogP contribution in [0.3, 0.4) is 0 Å². The molecule has 100 valence electrons. The monoisotopic (exact) mass is 254 g/mol. The first kappa shape index (κ1) is 13.4. The summed E-state index contributed by atoms with van der Waals surface area (Å²) in [5.41, 5.74) is 0.526. The molecule has 0 spiro atoms. The average Bonchev–Trinajstić information content (AvgIpc) is 2.37. The number of pyridine rings is 1. The van der Waals surface area contributed by atoms with Crippen molar-refractivity contribution in [1.29, 1.82) is 0 Å². The molecule has 2 atom stereocenters. The molecule has 2 heterocycles. The van der Waals surface area contributed by atoms with E-state index in [9.17, 15) is 9.50 Å². The highest BCUT2D eigenvalue weighted by molar-refractivity contribution is 5.07. The van der Waals surface area contributed by atoms with Gasteiger partial charge in [0.15, 0.2) is 0 Å². The normalized spacial score (nSPS) is 22.9. The zero-order chi connectivity index (χ0) is 13.0. The standard InChI is InChI=1S/C13H19FN2O2/c1-10-9-16(6-7-18-10)5-4-13(17)12-3-2-11(14)8-15-12/h2-3,8,10,13,17H,4-7,9H2,1H3. The molecule has 1 aromatic rings. The predicted octanol–water partition coefficient (Wildman–Crippen LogP) is 1.36. The summed E-state index contributed by atoms with van der Waals surface area (Å²) in [5, 5.41) is 9.97. The minimum absolute atomic E-state index is 0.250. The van der Waals surface area contributed by atoms with Crippen molar-refractivity contribution in [3.63, 3.8) is 0 Å². The average molecular weight is 254 g/mol. The summed E-state index contributed by atoms with van der Waals surface area (Å²) in [6.07, 6.45) is 1.35. The SMILES string of the molecule is CC1CN(CCC(O)c2ccc(F)cn2)CCO1. The maximum absolute atomic E-state index is 12.7. The van der Waals surface area contributed by atoms with Gasteiger partial charge in [-0.15, -0.1) is 0 Å². The van der Waals surface area contributed by atoms with Gasteiger partial charge in [-0.05, 0) is 25.5 Å². The van der Waals surface area contributed by atoms with Gasteiger partial charge >= 0.3 is 0 Å². The smallest absolute Gasteiger partial charge is 0.141 e. The van der Waals surface area contributed by atoms with Crippen LogP contribution in [0.2, 0.25) is 0 Å². The Bertz CT molecular complexity index is 372. The molecule has 1 fully saturated rings. The molecule has 1 aromatic heterocycles. The van der Waals surface area contributed by atoms with Crippen LogP contribution >= 0.6 is 0 Å². The van der Waals surface area contributed by atoms with Crippen molar-refractivity contribution < 1.29 is 14.2 Å². The van der Waals surface area contributed by atoms with E-state index in [0.29, 0.717) is 12.1 Å². The van der Waals surface area contributed by atoms with Crippen LogP contribution < -0.4 is 0 Å². The van der Waals surface area contributed by atoms with Crippen LogP contribution in [0.1, 0.15) is 25.1 Å². The molecule has 0 radical (unpaired) electrons. The van der Waals surface area contributed by atoms with Crippen LogP contribution in [0.4, 0.5) is 4.39 Å². The molecular formula is C13H19FN2O2. The van der Waals surface area contributed by atoms with Crippen LogP contribution in [0.15, 0.2) is 18.3 Å². The molecule has 1 N–H and O–H groups in total. The number of aliphatic hydroxyl groups is 1. The number of aromatic nitrogens is 1.